The van der Waals surface area contributed by atoms with Crippen LogP contribution in [0.5, 0.6) is 5.75 Å². The molecule has 170 valence electrons. The molecule has 2 atom stereocenters. The smallest absolute Gasteiger partial charge is 0.268 e. The predicted molar refractivity (Wildman–Crippen MR) is 116 cm³/mol. The third-order valence-electron chi connectivity index (χ3n) is 5.97. The molecule has 0 fully saturated rings. The van der Waals surface area contributed by atoms with Crippen molar-refractivity contribution in [3.63, 3.8) is 0 Å². The zero-order chi connectivity index (χ0) is 23.5. The van der Waals surface area contributed by atoms with E-state index in [-0.39, 0.29) is 30.3 Å². The molecule has 0 saturated carbocycles. The van der Waals surface area contributed by atoms with Gasteiger partial charge in [-0.2, -0.15) is 0 Å². The van der Waals surface area contributed by atoms with Crippen molar-refractivity contribution in [2.24, 2.45) is 5.14 Å². The van der Waals surface area contributed by atoms with Crippen molar-refractivity contribution in [1.29, 1.82) is 0 Å². The lowest BCUT2D eigenvalue weighted by Gasteiger charge is -2.21. The predicted octanol–water partition coefficient (Wildman–Crippen LogP) is 3.13. The highest BCUT2D eigenvalue weighted by Crippen LogP contribution is 2.41. The Bertz CT molecular complexity index is 1400. The minimum absolute atomic E-state index is 0.206. The fourth-order valence-corrected chi connectivity index (χ4v) is 4.98. The molecule has 2 aliphatic rings. The number of halogens is 2. The SMILES string of the molecule is C[C@H]1CN(C(=O)[C@H]2Cc3cc(-c4ccccn4)c(F)cc3O2)c2cc(S(N)(=O)=O)c(F)cc21. The van der Waals surface area contributed by atoms with Gasteiger partial charge >= 0.3 is 0 Å². The molecular formula is C23H19F2N3O4S. The van der Waals surface area contributed by atoms with Crippen molar-refractivity contribution in [3.8, 4) is 17.0 Å². The topological polar surface area (TPSA) is 103 Å². The molecule has 5 rings (SSSR count). The van der Waals surface area contributed by atoms with Crippen LogP contribution in [-0.2, 0) is 21.2 Å². The largest absolute Gasteiger partial charge is 0.480 e. The molecule has 0 spiro atoms. The first-order chi connectivity index (χ1) is 15.6. The highest BCUT2D eigenvalue weighted by atomic mass is 32.2. The van der Waals surface area contributed by atoms with Gasteiger partial charge in [-0.25, -0.2) is 22.3 Å². The van der Waals surface area contributed by atoms with E-state index in [1.165, 1.54) is 11.0 Å². The van der Waals surface area contributed by atoms with Crippen LogP contribution in [0.1, 0.15) is 24.0 Å². The molecule has 0 radical (unpaired) electrons. The van der Waals surface area contributed by atoms with Crippen molar-refractivity contribution in [2.45, 2.75) is 30.3 Å². The second-order valence-electron chi connectivity index (χ2n) is 8.20. The molecule has 3 heterocycles. The van der Waals surface area contributed by atoms with E-state index in [0.717, 1.165) is 12.1 Å². The van der Waals surface area contributed by atoms with Gasteiger partial charge in [0.15, 0.2) is 6.10 Å². The number of anilines is 1. The summed E-state index contributed by atoms with van der Waals surface area (Å²) >= 11 is 0. The van der Waals surface area contributed by atoms with E-state index < -0.39 is 38.6 Å². The van der Waals surface area contributed by atoms with Crippen LogP contribution in [0, 0.1) is 11.6 Å². The number of nitrogens with zero attached hydrogens (tertiary/aromatic N) is 2. The van der Waals surface area contributed by atoms with Crippen LogP contribution in [0.15, 0.2) is 53.6 Å². The number of amides is 1. The minimum atomic E-state index is -4.31. The van der Waals surface area contributed by atoms with Crippen LogP contribution in [0.4, 0.5) is 14.5 Å². The molecule has 1 amide bonds. The van der Waals surface area contributed by atoms with E-state index in [1.807, 2.05) is 0 Å². The molecule has 0 aliphatic carbocycles. The monoisotopic (exact) mass is 471 g/mol. The average molecular weight is 471 g/mol. The number of pyridine rings is 1. The van der Waals surface area contributed by atoms with Gasteiger partial charge in [-0.1, -0.05) is 13.0 Å². The zero-order valence-corrected chi connectivity index (χ0v) is 18.3. The summed E-state index contributed by atoms with van der Waals surface area (Å²) in [5, 5.41) is 5.13. The van der Waals surface area contributed by atoms with Gasteiger partial charge in [0.25, 0.3) is 5.91 Å². The fraction of sp³-hybridized carbons (Fsp3) is 0.217. The average Bonchev–Trinajstić information content (AvgIpc) is 3.32. The van der Waals surface area contributed by atoms with Crippen LogP contribution < -0.4 is 14.8 Å². The number of benzene rings is 2. The van der Waals surface area contributed by atoms with Gasteiger partial charge < -0.3 is 9.64 Å². The number of nitrogens with two attached hydrogens (primary N) is 1. The van der Waals surface area contributed by atoms with Crippen LogP contribution >= 0.6 is 0 Å². The van der Waals surface area contributed by atoms with Crippen molar-refractivity contribution in [2.75, 3.05) is 11.4 Å². The maximum atomic E-state index is 14.7. The third kappa shape index (κ3) is 3.65. The van der Waals surface area contributed by atoms with Gasteiger partial charge in [0.1, 0.15) is 22.3 Å². The number of ether oxygens (including phenoxy) is 1. The molecule has 2 aromatic carbocycles. The van der Waals surface area contributed by atoms with Gasteiger partial charge in [0.05, 0.1) is 5.69 Å². The second kappa shape index (κ2) is 7.60. The Hall–Kier alpha value is -3.37. The Morgan fingerprint density at radius 3 is 2.67 bits per heavy atom. The molecule has 1 aromatic heterocycles. The molecule has 2 aliphatic heterocycles. The van der Waals surface area contributed by atoms with Crippen LogP contribution in [0.25, 0.3) is 11.3 Å². The lowest BCUT2D eigenvalue weighted by Crippen LogP contribution is -2.40. The van der Waals surface area contributed by atoms with E-state index in [4.69, 9.17) is 9.88 Å². The van der Waals surface area contributed by atoms with E-state index in [2.05, 4.69) is 4.98 Å². The minimum Gasteiger partial charge on any atom is -0.480 e. The number of fused-ring (bicyclic) bond motifs is 2. The molecule has 0 unspecified atom stereocenters. The Morgan fingerprint density at radius 1 is 1.18 bits per heavy atom. The molecular weight excluding hydrogens is 452 g/mol. The van der Waals surface area contributed by atoms with Crippen LogP contribution in [0.3, 0.4) is 0 Å². The lowest BCUT2D eigenvalue weighted by molar-refractivity contribution is -0.124. The summed E-state index contributed by atoms with van der Waals surface area (Å²) in [4.78, 5) is 18.2. The first kappa shape index (κ1) is 21.5. The van der Waals surface area contributed by atoms with Crippen molar-refractivity contribution in [1.82, 2.24) is 4.98 Å². The molecule has 3 aromatic rings. The first-order valence-electron chi connectivity index (χ1n) is 10.2. The fourth-order valence-electron chi connectivity index (χ4n) is 4.38. The summed E-state index contributed by atoms with van der Waals surface area (Å²) in [5.74, 6) is -1.86. The van der Waals surface area contributed by atoms with E-state index >= 15 is 0 Å². The number of aromatic nitrogens is 1. The molecule has 7 nitrogen and oxygen atoms in total. The van der Waals surface area contributed by atoms with Crippen molar-refractivity contribution in [3.05, 3.63) is 71.4 Å². The maximum absolute atomic E-state index is 14.7. The summed E-state index contributed by atoms with van der Waals surface area (Å²) in [5.41, 5.74) is 2.21. The zero-order valence-electron chi connectivity index (χ0n) is 17.5. The quantitative estimate of drug-likeness (QED) is 0.632. The highest BCUT2D eigenvalue weighted by molar-refractivity contribution is 7.89. The van der Waals surface area contributed by atoms with Crippen molar-refractivity contribution < 1.29 is 26.7 Å². The van der Waals surface area contributed by atoms with Gasteiger partial charge in [-0.15, -0.1) is 0 Å². The number of hydrogen-bond acceptors (Lipinski definition) is 5. The van der Waals surface area contributed by atoms with Crippen LogP contribution in [-0.4, -0.2) is 32.0 Å². The molecule has 0 bridgehead atoms. The summed E-state index contributed by atoms with van der Waals surface area (Å²) in [6.07, 6.45) is 0.840. The highest BCUT2D eigenvalue weighted by Gasteiger charge is 2.39. The molecule has 2 N–H and O–H groups in total. The van der Waals surface area contributed by atoms with Crippen molar-refractivity contribution >= 4 is 21.6 Å². The normalized spacial score (nSPS) is 19.2. The van der Waals surface area contributed by atoms with Gasteiger partial charge in [-0.3, -0.25) is 9.78 Å². The third-order valence-corrected chi connectivity index (χ3v) is 6.90. The number of rotatable bonds is 3. The standard InChI is InChI=1S/C23H19F2N3O4S/c1-12-11-28(19-10-22(33(26,30)31)17(25)8-14(12)19)23(29)21-7-13-6-15(16(24)9-20(13)32-21)18-4-2-3-5-27-18/h2-6,8-10,12,21H,7,11H2,1H3,(H2,26,30,31)/t12-,21+/m0/s1. The maximum Gasteiger partial charge on any atom is 0.268 e. The van der Waals surface area contributed by atoms with Gasteiger partial charge in [0, 0.05) is 42.4 Å². The molecule has 33 heavy (non-hydrogen) atoms. The molecule has 10 heteroatoms. The number of carbonyl (C=O) groups is 1. The summed E-state index contributed by atoms with van der Waals surface area (Å²) in [6, 6.07) is 10.2. The Kier molecular flexibility index (Phi) is 4.95. The van der Waals surface area contributed by atoms with E-state index in [1.54, 1.807) is 37.4 Å². The Labute approximate surface area is 188 Å². The summed E-state index contributed by atoms with van der Waals surface area (Å²) < 4.78 is 58.3. The Morgan fingerprint density at radius 2 is 1.97 bits per heavy atom. The summed E-state index contributed by atoms with van der Waals surface area (Å²) in [6.45, 7) is 2.03. The number of hydrogen-bond donors (Lipinski definition) is 1. The van der Waals surface area contributed by atoms with E-state index in [9.17, 15) is 22.0 Å². The summed E-state index contributed by atoms with van der Waals surface area (Å²) in [7, 11) is -4.31. The van der Waals surface area contributed by atoms with Gasteiger partial charge in [0.2, 0.25) is 10.0 Å². The lowest BCUT2D eigenvalue weighted by atomic mass is 10.0. The number of primary sulfonamides is 1. The van der Waals surface area contributed by atoms with E-state index in [0.29, 0.717) is 22.4 Å². The van der Waals surface area contributed by atoms with Crippen LogP contribution in [0.2, 0.25) is 0 Å². The first-order valence-corrected chi connectivity index (χ1v) is 11.8. The number of carbonyl (C=O) groups excluding carboxylic acids is 1. The molecule has 0 saturated heterocycles. The van der Waals surface area contributed by atoms with Gasteiger partial charge in [-0.05, 0) is 41.5 Å². The second-order valence-corrected chi connectivity index (χ2v) is 9.73. The number of sulfonamides is 1. The Balaban J connectivity index is 1.46.